The standard InChI is InChI=1S/C19H22N2O5/c1-11(2)20-16(22)10-26-14-7-5-13(6-8-14)9-15-18(23)17(12(3)21-15)19(24)25-4/h5-9,11,17H,10H2,1-4H3,(H,20,22). The van der Waals surface area contributed by atoms with Crippen molar-refractivity contribution in [3.8, 4) is 5.75 Å². The minimum atomic E-state index is -0.965. The van der Waals surface area contributed by atoms with E-state index in [1.807, 2.05) is 13.8 Å². The molecule has 0 saturated heterocycles. The molecule has 1 unspecified atom stereocenters. The molecule has 0 aromatic heterocycles. The number of nitrogens with zero attached hydrogens (tertiary/aromatic N) is 1. The lowest BCUT2D eigenvalue weighted by Gasteiger charge is -2.09. The average Bonchev–Trinajstić information content (AvgIpc) is 2.86. The third-order valence-corrected chi connectivity index (χ3v) is 3.67. The van der Waals surface area contributed by atoms with Crippen LogP contribution in [0.25, 0.3) is 6.08 Å². The van der Waals surface area contributed by atoms with Gasteiger partial charge in [0.2, 0.25) is 5.78 Å². The van der Waals surface area contributed by atoms with E-state index in [0.29, 0.717) is 11.5 Å². The number of carbonyl (C=O) groups excluding carboxylic acids is 3. The van der Waals surface area contributed by atoms with Gasteiger partial charge in [-0.05, 0) is 44.5 Å². The molecule has 1 atom stereocenters. The largest absolute Gasteiger partial charge is 0.484 e. The van der Waals surface area contributed by atoms with Crippen LogP contribution in [0.2, 0.25) is 0 Å². The van der Waals surface area contributed by atoms with Crippen LogP contribution in [0.4, 0.5) is 0 Å². The van der Waals surface area contributed by atoms with Gasteiger partial charge in [-0.2, -0.15) is 0 Å². The summed E-state index contributed by atoms with van der Waals surface area (Å²) in [5, 5.41) is 2.74. The van der Waals surface area contributed by atoms with E-state index in [1.165, 1.54) is 7.11 Å². The summed E-state index contributed by atoms with van der Waals surface area (Å²) in [5.74, 6) is -1.60. The SMILES string of the molecule is COC(=O)C1C(=O)C(=Cc2ccc(OCC(=O)NC(C)C)cc2)N=C1C. The molecule has 0 fully saturated rings. The number of carbonyl (C=O) groups is 3. The van der Waals surface area contributed by atoms with Crippen LogP contribution in [-0.2, 0) is 19.1 Å². The van der Waals surface area contributed by atoms with Gasteiger partial charge in [0, 0.05) is 11.8 Å². The maximum absolute atomic E-state index is 12.3. The topological polar surface area (TPSA) is 94.1 Å². The van der Waals surface area contributed by atoms with Gasteiger partial charge < -0.3 is 14.8 Å². The highest BCUT2D eigenvalue weighted by molar-refractivity contribution is 6.28. The van der Waals surface area contributed by atoms with Crippen LogP contribution in [0.5, 0.6) is 5.75 Å². The van der Waals surface area contributed by atoms with Crippen molar-refractivity contribution in [1.82, 2.24) is 5.32 Å². The molecule has 7 nitrogen and oxygen atoms in total. The fraction of sp³-hybridized carbons (Fsp3) is 0.368. The first kappa shape index (κ1) is 19.4. The Morgan fingerprint density at radius 2 is 1.92 bits per heavy atom. The van der Waals surface area contributed by atoms with Crippen LogP contribution < -0.4 is 10.1 Å². The van der Waals surface area contributed by atoms with E-state index in [4.69, 9.17) is 4.74 Å². The maximum atomic E-state index is 12.3. The summed E-state index contributed by atoms with van der Waals surface area (Å²) in [6, 6.07) is 6.94. The van der Waals surface area contributed by atoms with E-state index >= 15 is 0 Å². The van der Waals surface area contributed by atoms with Crippen LogP contribution in [0.3, 0.4) is 0 Å². The molecule has 1 heterocycles. The fourth-order valence-corrected chi connectivity index (χ4v) is 2.48. The van der Waals surface area contributed by atoms with Crippen molar-refractivity contribution in [1.29, 1.82) is 0 Å². The lowest BCUT2D eigenvalue weighted by Crippen LogP contribution is -2.34. The van der Waals surface area contributed by atoms with Crippen molar-refractivity contribution in [2.45, 2.75) is 26.8 Å². The molecule has 0 aliphatic carbocycles. The van der Waals surface area contributed by atoms with E-state index in [0.717, 1.165) is 5.56 Å². The number of ketones is 1. The predicted octanol–water partition coefficient (Wildman–Crippen LogP) is 1.76. The Morgan fingerprint density at radius 1 is 1.27 bits per heavy atom. The van der Waals surface area contributed by atoms with Gasteiger partial charge in [0.1, 0.15) is 11.4 Å². The normalized spacial score (nSPS) is 18.0. The monoisotopic (exact) mass is 358 g/mol. The third kappa shape index (κ3) is 4.78. The Kier molecular flexibility index (Phi) is 6.27. The van der Waals surface area contributed by atoms with Gasteiger partial charge in [0.15, 0.2) is 12.5 Å². The molecule has 7 heteroatoms. The highest BCUT2D eigenvalue weighted by atomic mass is 16.5. The molecular formula is C19H22N2O5. The lowest BCUT2D eigenvalue weighted by molar-refractivity contribution is -0.145. The molecule has 0 radical (unpaired) electrons. The number of aliphatic imine (C=N–C) groups is 1. The van der Waals surface area contributed by atoms with Crippen molar-refractivity contribution in [2.24, 2.45) is 10.9 Å². The molecule has 1 aliphatic heterocycles. The fourth-order valence-electron chi connectivity index (χ4n) is 2.48. The first-order valence-electron chi connectivity index (χ1n) is 8.23. The van der Waals surface area contributed by atoms with Gasteiger partial charge >= 0.3 is 5.97 Å². The summed E-state index contributed by atoms with van der Waals surface area (Å²) < 4.78 is 10.0. The molecule has 0 bridgehead atoms. The zero-order valence-corrected chi connectivity index (χ0v) is 15.2. The summed E-state index contributed by atoms with van der Waals surface area (Å²) in [6.07, 6.45) is 1.60. The highest BCUT2D eigenvalue weighted by Crippen LogP contribution is 2.24. The summed E-state index contributed by atoms with van der Waals surface area (Å²) in [6.45, 7) is 5.31. The molecule has 1 aromatic carbocycles. The zero-order chi connectivity index (χ0) is 19.3. The molecule has 1 N–H and O–H groups in total. The number of amides is 1. The van der Waals surface area contributed by atoms with Gasteiger partial charge in [-0.15, -0.1) is 0 Å². The van der Waals surface area contributed by atoms with Gasteiger partial charge in [0.25, 0.3) is 5.91 Å². The van der Waals surface area contributed by atoms with E-state index in [-0.39, 0.29) is 30.0 Å². The molecular weight excluding hydrogens is 336 g/mol. The molecule has 0 saturated carbocycles. The average molecular weight is 358 g/mol. The number of ether oxygens (including phenoxy) is 2. The van der Waals surface area contributed by atoms with E-state index in [1.54, 1.807) is 37.3 Å². The Bertz CT molecular complexity index is 763. The second kappa shape index (κ2) is 8.42. The number of hydrogen-bond acceptors (Lipinski definition) is 6. The summed E-state index contributed by atoms with van der Waals surface area (Å²) in [5.41, 5.74) is 1.36. The predicted molar refractivity (Wildman–Crippen MR) is 96.8 cm³/mol. The van der Waals surface area contributed by atoms with Gasteiger partial charge in [-0.25, -0.2) is 0 Å². The van der Waals surface area contributed by atoms with Gasteiger partial charge in [-0.1, -0.05) is 12.1 Å². The number of Topliss-reactive ketones (excluding diaryl/α,β-unsaturated/α-hetero) is 1. The van der Waals surface area contributed by atoms with E-state index < -0.39 is 11.9 Å². The van der Waals surface area contributed by atoms with Gasteiger partial charge in [-0.3, -0.25) is 19.4 Å². The Labute approximate surface area is 152 Å². The molecule has 2 rings (SSSR count). The smallest absolute Gasteiger partial charge is 0.322 e. The van der Waals surface area contributed by atoms with Crippen molar-refractivity contribution in [3.63, 3.8) is 0 Å². The van der Waals surface area contributed by atoms with Crippen molar-refractivity contribution in [3.05, 3.63) is 35.5 Å². The number of allylic oxidation sites excluding steroid dienone is 1. The molecule has 26 heavy (non-hydrogen) atoms. The second-order valence-electron chi connectivity index (χ2n) is 6.18. The molecule has 1 aromatic rings. The van der Waals surface area contributed by atoms with Crippen LogP contribution in [0, 0.1) is 5.92 Å². The van der Waals surface area contributed by atoms with Crippen LogP contribution in [-0.4, -0.2) is 43.1 Å². The first-order chi connectivity index (χ1) is 12.3. The highest BCUT2D eigenvalue weighted by Gasteiger charge is 2.37. The summed E-state index contributed by atoms with van der Waals surface area (Å²) >= 11 is 0. The van der Waals surface area contributed by atoms with Crippen LogP contribution >= 0.6 is 0 Å². The van der Waals surface area contributed by atoms with Crippen molar-refractivity contribution < 1.29 is 23.9 Å². The minimum absolute atomic E-state index is 0.0573. The van der Waals surface area contributed by atoms with Crippen LogP contribution in [0.15, 0.2) is 35.0 Å². The lowest BCUT2D eigenvalue weighted by atomic mass is 10.0. The number of hydrogen-bond donors (Lipinski definition) is 1. The third-order valence-electron chi connectivity index (χ3n) is 3.67. The molecule has 1 aliphatic rings. The maximum Gasteiger partial charge on any atom is 0.322 e. The number of methoxy groups -OCH3 is 1. The second-order valence-corrected chi connectivity index (χ2v) is 6.18. The Morgan fingerprint density at radius 3 is 2.50 bits per heavy atom. The quantitative estimate of drug-likeness (QED) is 0.475. The number of esters is 1. The number of benzene rings is 1. The first-order valence-corrected chi connectivity index (χ1v) is 8.23. The Balaban J connectivity index is 2.03. The van der Waals surface area contributed by atoms with Crippen molar-refractivity contribution >= 4 is 29.4 Å². The van der Waals surface area contributed by atoms with Gasteiger partial charge in [0.05, 0.1) is 7.11 Å². The molecule has 138 valence electrons. The minimum Gasteiger partial charge on any atom is -0.484 e. The van der Waals surface area contributed by atoms with E-state index in [2.05, 4.69) is 15.0 Å². The van der Waals surface area contributed by atoms with Crippen molar-refractivity contribution in [2.75, 3.05) is 13.7 Å². The Hall–Kier alpha value is -2.96. The van der Waals surface area contributed by atoms with Crippen LogP contribution in [0.1, 0.15) is 26.3 Å². The molecule has 1 amide bonds. The number of rotatable bonds is 6. The summed E-state index contributed by atoms with van der Waals surface area (Å²) in [4.78, 5) is 39.7. The van der Waals surface area contributed by atoms with E-state index in [9.17, 15) is 14.4 Å². The number of nitrogens with one attached hydrogen (secondary N) is 1. The zero-order valence-electron chi connectivity index (χ0n) is 15.2. The summed E-state index contributed by atoms with van der Waals surface area (Å²) in [7, 11) is 1.24. The molecule has 0 spiro atoms.